The molecule has 2 aromatic rings. The maximum atomic E-state index is 2.64. The molecule has 0 radical (unpaired) electrons. The molecule has 1 heterocycles. The average molecular weight is 374 g/mol. The first-order valence-corrected chi connectivity index (χ1v) is 8.50. The number of halogens is 1. The highest BCUT2D eigenvalue weighted by atomic mass is 79.9. The second-order valence-corrected chi connectivity index (χ2v) is 6.97. The quantitative estimate of drug-likeness (QED) is 0.719. The van der Waals surface area contributed by atoms with Crippen LogP contribution in [0.15, 0.2) is 60.7 Å². The number of hydrogen-bond donors (Lipinski definition) is 0. The summed E-state index contributed by atoms with van der Waals surface area (Å²) in [5.74, 6) is 0.694. The third-order valence-electron chi connectivity index (χ3n) is 5.56. The molecule has 0 amide bonds. The van der Waals surface area contributed by atoms with E-state index in [1.54, 1.807) is 0 Å². The van der Waals surface area contributed by atoms with Gasteiger partial charge in [0.15, 0.2) is 0 Å². The molecule has 0 saturated carbocycles. The number of benzene rings is 2. The minimum absolute atomic E-state index is 0. The van der Waals surface area contributed by atoms with Crippen LogP contribution in [0.25, 0.3) is 0 Å². The van der Waals surface area contributed by atoms with E-state index in [2.05, 4.69) is 79.4 Å². The molecule has 1 saturated heterocycles. The number of nitrogens with zero attached hydrogens (tertiary/aromatic N) is 1. The van der Waals surface area contributed by atoms with Crippen molar-refractivity contribution >= 4 is 17.0 Å². The van der Waals surface area contributed by atoms with Crippen molar-refractivity contribution in [2.45, 2.75) is 32.1 Å². The van der Waals surface area contributed by atoms with Crippen LogP contribution >= 0.6 is 17.0 Å². The summed E-state index contributed by atoms with van der Waals surface area (Å²) in [7, 11) is 0. The summed E-state index contributed by atoms with van der Waals surface area (Å²) in [5.41, 5.74) is 3.28. The Morgan fingerprint density at radius 1 is 1.00 bits per heavy atom. The first-order chi connectivity index (χ1) is 10.7. The molecule has 0 aliphatic carbocycles. The van der Waals surface area contributed by atoms with E-state index in [0.29, 0.717) is 11.3 Å². The fourth-order valence-corrected chi connectivity index (χ4v) is 3.70. The molecular weight excluding hydrogens is 346 g/mol. The predicted molar refractivity (Wildman–Crippen MR) is 104 cm³/mol. The lowest BCUT2D eigenvalue weighted by Crippen LogP contribution is -2.47. The second kappa shape index (κ2) is 8.12. The van der Waals surface area contributed by atoms with Crippen molar-refractivity contribution in [1.82, 2.24) is 4.90 Å². The lowest BCUT2D eigenvalue weighted by Gasteiger charge is -2.45. The van der Waals surface area contributed by atoms with Crippen molar-refractivity contribution < 1.29 is 0 Å². The molecule has 2 aromatic carbocycles. The Balaban J connectivity index is 0.00000192. The van der Waals surface area contributed by atoms with E-state index >= 15 is 0 Å². The highest BCUT2D eigenvalue weighted by Crippen LogP contribution is 2.39. The van der Waals surface area contributed by atoms with E-state index in [1.807, 2.05) is 0 Å². The summed E-state index contributed by atoms with van der Waals surface area (Å²) < 4.78 is 0. The predicted octanol–water partition coefficient (Wildman–Crippen LogP) is 5.11. The Morgan fingerprint density at radius 2 is 1.61 bits per heavy atom. The van der Waals surface area contributed by atoms with Gasteiger partial charge in [-0.15, -0.1) is 17.0 Å². The Hall–Kier alpha value is -1.12. The van der Waals surface area contributed by atoms with Gasteiger partial charge in [-0.1, -0.05) is 74.5 Å². The van der Waals surface area contributed by atoms with Crippen LogP contribution in [-0.4, -0.2) is 24.5 Å². The van der Waals surface area contributed by atoms with Crippen molar-refractivity contribution in [2.24, 2.45) is 5.92 Å². The molecule has 3 rings (SSSR count). The van der Waals surface area contributed by atoms with Gasteiger partial charge in [-0.3, -0.25) is 0 Å². The molecule has 1 nitrogen and oxygen atoms in total. The molecule has 124 valence electrons. The molecular formula is C21H28BrN. The van der Waals surface area contributed by atoms with Crippen LogP contribution in [0.4, 0.5) is 0 Å². The summed E-state index contributed by atoms with van der Waals surface area (Å²) in [6.45, 7) is 8.46. The van der Waals surface area contributed by atoms with Crippen LogP contribution in [0, 0.1) is 5.92 Å². The maximum Gasteiger partial charge on any atom is 0.00219 e. The number of piperidine rings is 1. The lowest BCUT2D eigenvalue weighted by atomic mass is 9.68. The molecule has 0 aromatic heterocycles. The zero-order chi connectivity index (χ0) is 15.4. The third kappa shape index (κ3) is 4.24. The lowest BCUT2D eigenvalue weighted by molar-refractivity contribution is 0.112. The van der Waals surface area contributed by atoms with Gasteiger partial charge in [0.2, 0.25) is 0 Å². The zero-order valence-corrected chi connectivity index (χ0v) is 16.0. The van der Waals surface area contributed by atoms with Gasteiger partial charge in [0.1, 0.15) is 0 Å². The first-order valence-electron chi connectivity index (χ1n) is 8.50. The van der Waals surface area contributed by atoms with Crippen molar-refractivity contribution in [1.29, 1.82) is 0 Å². The molecule has 0 spiro atoms. The smallest absolute Gasteiger partial charge is 0.00219 e. The highest BCUT2D eigenvalue weighted by molar-refractivity contribution is 8.93. The molecule has 1 aliphatic heterocycles. The number of likely N-dealkylation sites (tertiary alicyclic amines) is 1. The van der Waals surface area contributed by atoms with E-state index in [0.717, 1.165) is 6.42 Å². The first kappa shape index (κ1) is 18.2. The van der Waals surface area contributed by atoms with E-state index in [9.17, 15) is 0 Å². The highest BCUT2D eigenvalue weighted by Gasteiger charge is 2.37. The largest absolute Gasteiger partial charge is 0.303 e. The van der Waals surface area contributed by atoms with Crippen molar-refractivity contribution in [2.75, 3.05) is 19.6 Å². The van der Waals surface area contributed by atoms with Gasteiger partial charge in [0.05, 0.1) is 0 Å². The van der Waals surface area contributed by atoms with Gasteiger partial charge in [-0.25, -0.2) is 0 Å². The van der Waals surface area contributed by atoms with Crippen LogP contribution in [0.1, 0.15) is 31.4 Å². The monoisotopic (exact) mass is 373 g/mol. The topological polar surface area (TPSA) is 3.24 Å². The van der Waals surface area contributed by atoms with Gasteiger partial charge in [-0.2, -0.15) is 0 Å². The van der Waals surface area contributed by atoms with E-state index in [1.165, 1.54) is 37.2 Å². The van der Waals surface area contributed by atoms with Crippen molar-refractivity contribution in [3.63, 3.8) is 0 Å². The summed E-state index contributed by atoms with van der Waals surface area (Å²) >= 11 is 0. The summed E-state index contributed by atoms with van der Waals surface area (Å²) in [6, 6.07) is 21.9. The maximum absolute atomic E-state index is 2.64. The Bertz CT molecular complexity index is 583. The Labute approximate surface area is 151 Å². The number of rotatable bonds is 4. The standard InChI is InChI=1S/C21H27N.BrH/c1-18-17-22(15-13-19-9-5-3-6-10-19)16-14-21(18,2)20-11-7-4-8-12-20;/h3-12,18H,13-17H2,1-2H3;1H. The SMILES string of the molecule is Br.CC1CN(CCc2ccccc2)CCC1(C)c1ccccc1. The van der Waals surface area contributed by atoms with E-state index in [-0.39, 0.29) is 17.0 Å². The van der Waals surface area contributed by atoms with Crippen molar-refractivity contribution in [3.05, 3.63) is 71.8 Å². The molecule has 0 N–H and O–H groups in total. The number of hydrogen-bond acceptors (Lipinski definition) is 1. The molecule has 2 atom stereocenters. The van der Waals surface area contributed by atoms with Gasteiger partial charge in [0.25, 0.3) is 0 Å². The summed E-state index contributed by atoms with van der Waals surface area (Å²) in [6.07, 6.45) is 2.42. The minimum Gasteiger partial charge on any atom is -0.303 e. The normalized spacial score (nSPS) is 24.9. The average Bonchev–Trinajstić information content (AvgIpc) is 2.58. The Kier molecular flexibility index (Phi) is 6.43. The van der Waals surface area contributed by atoms with Crippen LogP contribution in [0.2, 0.25) is 0 Å². The summed E-state index contributed by atoms with van der Waals surface area (Å²) in [4.78, 5) is 2.64. The third-order valence-corrected chi connectivity index (χ3v) is 5.56. The molecule has 23 heavy (non-hydrogen) atoms. The molecule has 0 bridgehead atoms. The van der Waals surface area contributed by atoms with Gasteiger partial charge < -0.3 is 4.90 Å². The van der Waals surface area contributed by atoms with Crippen LogP contribution in [0.5, 0.6) is 0 Å². The summed E-state index contributed by atoms with van der Waals surface area (Å²) in [5, 5.41) is 0. The fourth-order valence-electron chi connectivity index (χ4n) is 3.70. The van der Waals surface area contributed by atoms with Crippen LogP contribution < -0.4 is 0 Å². The van der Waals surface area contributed by atoms with Gasteiger partial charge in [0, 0.05) is 13.1 Å². The van der Waals surface area contributed by atoms with Crippen LogP contribution in [0.3, 0.4) is 0 Å². The Morgan fingerprint density at radius 3 is 2.22 bits per heavy atom. The van der Waals surface area contributed by atoms with E-state index < -0.39 is 0 Å². The van der Waals surface area contributed by atoms with Gasteiger partial charge >= 0.3 is 0 Å². The zero-order valence-electron chi connectivity index (χ0n) is 14.2. The second-order valence-electron chi connectivity index (χ2n) is 6.97. The molecule has 2 unspecified atom stereocenters. The van der Waals surface area contributed by atoms with Crippen LogP contribution in [-0.2, 0) is 11.8 Å². The van der Waals surface area contributed by atoms with E-state index in [4.69, 9.17) is 0 Å². The molecule has 1 fully saturated rings. The fraction of sp³-hybridized carbons (Fsp3) is 0.429. The van der Waals surface area contributed by atoms with Gasteiger partial charge in [-0.05, 0) is 41.8 Å². The molecule has 1 aliphatic rings. The molecule has 2 heteroatoms. The minimum atomic E-state index is 0. The van der Waals surface area contributed by atoms with Crippen molar-refractivity contribution in [3.8, 4) is 0 Å².